The van der Waals surface area contributed by atoms with E-state index in [1.165, 1.54) is 0 Å². The number of carbonyl (C=O) groups excluding carboxylic acids is 1. The van der Waals surface area contributed by atoms with Gasteiger partial charge in [-0.2, -0.15) is 0 Å². The molecule has 1 unspecified atom stereocenters. The lowest BCUT2D eigenvalue weighted by molar-refractivity contribution is -0.121. The van der Waals surface area contributed by atoms with Crippen LogP contribution in [0.3, 0.4) is 0 Å². The second-order valence-electron chi connectivity index (χ2n) is 5.30. The Morgan fingerprint density at radius 2 is 1.72 bits per heavy atom. The molecule has 3 heteroatoms. The van der Waals surface area contributed by atoms with Gasteiger partial charge < -0.3 is 11.1 Å². The number of amides is 1. The summed E-state index contributed by atoms with van der Waals surface area (Å²) in [5.74, 6) is 0.688. The molecular weight excluding hydrogens is 224 g/mol. The Labute approximate surface area is 110 Å². The van der Waals surface area contributed by atoms with Gasteiger partial charge in [-0.15, -0.1) is 0 Å². The fourth-order valence-electron chi connectivity index (χ4n) is 2.07. The first-order valence-electron chi connectivity index (χ1n) is 6.58. The van der Waals surface area contributed by atoms with E-state index >= 15 is 0 Å². The van der Waals surface area contributed by atoms with E-state index in [9.17, 15) is 4.79 Å². The van der Waals surface area contributed by atoms with Gasteiger partial charge in [0.15, 0.2) is 0 Å². The second-order valence-corrected chi connectivity index (χ2v) is 5.30. The lowest BCUT2D eigenvalue weighted by Gasteiger charge is -2.15. The quantitative estimate of drug-likeness (QED) is 0.811. The summed E-state index contributed by atoms with van der Waals surface area (Å²) in [6, 6.07) is 8.12. The predicted octanol–water partition coefficient (Wildman–Crippen LogP) is 2.24. The molecule has 0 aromatic heterocycles. The van der Waals surface area contributed by atoms with Crippen LogP contribution in [0.2, 0.25) is 0 Å². The summed E-state index contributed by atoms with van der Waals surface area (Å²) in [6.45, 7) is 6.91. The van der Waals surface area contributed by atoms with Crippen LogP contribution in [0.15, 0.2) is 24.3 Å². The molecule has 1 atom stereocenters. The zero-order valence-corrected chi connectivity index (χ0v) is 11.6. The molecule has 1 amide bonds. The van der Waals surface area contributed by atoms with Crippen molar-refractivity contribution in [3.8, 4) is 0 Å². The molecule has 0 aliphatic rings. The van der Waals surface area contributed by atoms with Gasteiger partial charge in [-0.1, -0.05) is 38.1 Å². The maximum absolute atomic E-state index is 11.8. The summed E-state index contributed by atoms with van der Waals surface area (Å²) in [4.78, 5) is 11.8. The number of nitrogens with one attached hydrogen (secondary N) is 1. The molecule has 0 aliphatic heterocycles. The van der Waals surface area contributed by atoms with Crippen molar-refractivity contribution in [2.75, 3.05) is 0 Å². The van der Waals surface area contributed by atoms with Gasteiger partial charge in [0.05, 0.1) is 6.42 Å². The van der Waals surface area contributed by atoms with E-state index in [0.717, 1.165) is 17.5 Å². The summed E-state index contributed by atoms with van der Waals surface area (Å²) in [7, 11) is 0. The highest BCUT2D eigenvalue weighted by molar-refractivity contribution is 5.78. The Morgan fingerprint density at radius 3 is 2.22 bits per heavy atom. The van der Waals surface area contributed by atoms with Gasteiger partial charge in [-0.25, -0.2) is 0 Å². The predicted molar refractivity (Wildman–Crippen MR) is 75.1 cm³/mol. The minimum Gasteiger partial charge on any atom is -0.353 e. The van der Waals surface area contributed by atoms with Crippen molar-refractivity contribution in [3.05, 3.63) is 35.4 Å². The average molecular weight is 248 g/mol. The molecule has 1 aromatic carbocycles. The third-order valence-corrected chi connectivity index (χ3v) is 2.86. The Balaban J connectivity index is 2.43. The van der Waals surface area contributed by atoms with Gasteiger partial charge in [0.1, 0.15) is 0 Å². The van der Waals surface area contributed by atoms with Crippen molar-refractivity contribution < 1.29 is 4.79 Å². The number of nitrogens with two attached hydrogens (primary N) is 1. The van der Waals surface area contributed by atoms with Crippen molar-refractivity contribution in [1.82, 2.24) is 5.32 Å². The summed E-state index contributed by atoms with van der Waals surface area (Å²) in [5, 5.41) is 3.02. The Morgan fingerprint density at radius 1 is 1.17 bits per heavy atom. The molecular formula is C15H24N2O. The van der Waals surface area contributed by atoms with E-state index in [4.69, 9.17) is 5.73 Å². The van der Waals surface area contributed by atoms with E-state index < -0.39 is 0 Å². The number of rotatable bonds is 6. The van der Waals surface area contributed by atoms with Crippen molar-refractivity contribution in [3.63, 3.8) is 0 Å². The van der Waals surface area contributed by atoms with Crippen LogP contribution in [0.5, 0.6) is 0 Å². The van der Waals surface area contributed by atoms with Gasteiger partial charge >= 0.3 is 0 Å². The zero-order valence-electron chi connectivity index (χ0n) is 11.6. The molecule has 18 heavy (non-hydrogen) atoms. The monoisotopic (exact) mass is 248 g/mol. The van der Waals surface area contributed by atoms with Crippen molar-refractivity contribution >= 4 is 5.91 Å². The van der Waals surface area contributed by atoms with E-state index in [2.05, 4.69) is 26.1 Å². The van der Waals surface area contributed by atoms with E-state index in [1.54, 1.807) is 0 Å². The van der Waals surface area contributed by atoms with Crippen LogP contribution in [0, 0.1) is 5.92 Å². The van der Waals surface area contributed by atoms with Crippen LogP contribution in [-0.2, 0) is 17.8 Å². The molecule has 0 saturated carbocycles. The first-order chi connectivity index (χ1) is 8.51. The van der Waals surface area contributed by atoms with E-state index in [0.29, 0.717) is 18.9 Å². The molecule has 3 nitrogen and oxygen atoms in total. The Bertz CT molecular complexity index is 371. The smallest absolute Gasteiger partial charge is 0.224 e. The summed E-state index contributed by atoms with van der Waals surface area (Å²) < 4.78 is 0. The van der Waals surface area contributed by atoms with Crippen LogP contribution in [-0.4, -0.2) is 11.9 Å². The highest BCUT2D eigenvalue weighted by Gasteiger charge is 2.09. The van der Waals surface area contributed by atoms with Crippen LogP contribution in [0.25, 0.3) is 0 Å². The molecule has 0 bridgehead atoms. The molecule has 0 radical (unpaired) electrons. The molecule has 0 heterocycles. The molecule has 0 saturated heterocycles. The van der Waals surface area contributed by atoms with Gasteiger partial charge in [-0.3, -0.25) is 4.79 Å². The van der Waals surface area contributed by atoms with Gasteiger partial charge in [-0.05, 0) is 30.4 Å². The normalized spacial score (nSPS) is 12.5. The lowest BCUT2D eigenvalue weighted by Crippen LogP contribution is -2.34. The summed E-state index contributed by atoms with van der Waals surface area (Å²) >= 11 is 0. The van der Waals surface area contributed by atoms with Crippen LogP contribution >= 0.6 is 0 Å². The Hall–Kier alpha value is -1.35. The Kier molecular flexibility index (Phi) is 5.86. The van der Waals surface area contributed by atoms with Gasteiger partial charge in [0.25, 0.3) is 0 Å². The lowest BCUT2D eigenvalue weighted by atomic mass is 10.0. The fraction of sp³-hybridized carbons (Fsp3) is 0.533. The minimum absolute atomic E-state index is 0.0867. The first kappa shape index (κ1) is 14.7. The summed E-state index contributed by atoms with van der Waals surface area (Å²) in [5.41, 5.74) is 7.65. The van der Waals surface area contributed by atoms with Crippen LogP contribution in [0.4, 0.5) is 0 Å². The van der Waals surface area contributed by atoms with Crippen molar-refractivity contribution in [1.29, 1.82) is 0 Å². The topological polar surface area (TPSA) is 55.1 Å². The maximum atomic E-state index is 11.8. The third kappa shape index (κ3) is 5.32. The first-order valence-corrected chi connectivity index (χ1v) is 6.58. The highest BCUT2D eigenvalue weighted by atomic mass is 16.1. The van der Waals surface area contributed by atoms with Crippen LogP contribution in [0.1, 0.15) is 38.3 Å². The van der Waals surface area contributed by atoms with Crippen LogP contribution < -0.4 is 11.1 Å². The minimum atomic E-state index is 0.0867. The molecule has 0 fully saturated rings. The van der Waals surface area contributed by atoms with Crippen molar-refractivity contribution in [2.45, 2.75) is 46.2 Å². The zero-order chi connectivity index (χ0) is 13.5. The van der Waals surface area contributed by atoms with Crippen molar-refractivity contribution in [2.24, 2.45) is 11.7 Å². The third-order valence-electron chi connectivity index (χ3n) is 2.86. The van der Waals surface area contributed by atoms with E-state index in [1.807, 2.05) is 24.3 Å². The molecule has 3 N–H and O–H groups in total. The molecule has 0 spiro atoms. The average Bonchev–Trinajstić information content (AvgIpc) is 2.28. The largest absolute Gasteiger partial charge is 0.353 e. The van der Waals surface area contributed by atoms with E-state index in [-0.39, 0.29) is 11.9 Å². The standard InChI is InChI=1S/C15H24N2O/c1-11(2)8-12(3)17-15(18)9-13-4-6-14(10-16)7-5-13/h4-7,11-12H,8-10,16H2,1-3H3,(H,17,18). The molecule has 1 rings (SSSR count). The maximum Gasteiger partial charge on any atom is 0.224 e. The van der Waals surface area contributed by atoms with Gasteiger partial charge in [0.2, 0.25) is 5.91 Å². The second kappa shape index (κ2) is 7.17. The SMILES string of the molecule is CC(C)CC(C)NC(=O)Cc1ccc(CN)cc1. The summed E-state index contributed by atoms with van der Waals surface area (Å²) in [6.07, 6.45) is 1.45. The highest BCUT2D eigenvalue weighted by Crippen LogP contribution is 2.06. The number of hydrogen-bond donors (Lipinski definition) is 2. The number of benzene rings is 1. The van der Waals surface area contributed by atoms with Gasteiger partial charge in [0, 0.05) is 12.6 Å². The number of carbonyl (C=O) groups is 1. The molecule has 1 aromatic rings. The number of hydrogen-bond acceptors (Lipinski definition) is 2. The molecule has 0 aliphatic carbocycles. The fourth-order valence-corrected chi connectivity index (χ4v) is 2.07. The molecule has 100 valence electrons.